The van der Waals surface area contributed by atoms with Crippen molar-refractivity contribution in [2.45, 2.75) is 46.1 Å². The van der Waals surface area contributed by atoms with Crippen LogP contribution < -0.4 is 0 Å². The van der Waals surface area contributed by atoms with E-state index in [0.717, 1.165) is 24.0 Å². The molecular formula is C15H20N2O2. The summed E-state index contributed by atoms with van der Waals surface area (Å²) in [4.78, 5) is 15.4. The van der Waals surface area contributed by atoms with Crippen LogP contribution >= 0.6 is 0 Å². The zero-order chi connectivity index (χ0) is 14.0. The van der Waals surface area contributed by atoms with Crippen LogP contribution in [0.5, 0.6) is 0 Å². The van der Waals surface area contributed by atoms with Gasteiger partial charge >= 0.3 is 5.97 Å². The molecule has 0 radical (unpaired) electrons. The van der Waals surface area contributed by atoms with Crippen LogP contribution in [-0.2, 0) is 17.8 Å². The molecular weight excluding hydrogens is 240 g/mol. The molecule has 0 unspecified atom stereocenters. The lowest BCUT2D eigenvalue weighted by Crippen LogP contribution is -2.09. The predicted molar refractivity (Wildman–Crippen MR) is 75.5 cm³/mol. The molecule has 0 aliphatic rings. The second kappa shape index (κ2) is 5.43. The molecule has 0 aliphatic heterocycles. The van der Waals surface area contributed by atoms with Crippen molar-refractivity contribution in [3.8, 4) is 0 Å². The fourth-order valence-corrected chi connectivity index (χ4v) is 2.30. The number of imidazole rings is 1. The van der Waals surface area contributed by atoms with Crippen LogP contribution in [0.15, 0.2) is 18.2 Å². The second-order valence-corrected chi connectivity index (χ2v) is 5.15. The molecule has 1 heterocycles. The number of benzene rings is 1. The van der Waals surface area contributed by atoms with E-state index in [-0.39, 0.29) is 6.42 Å². The van der Waals surface area contributed by atoms with E-state index in [1.54, 1.807) is 0 Å². The first-order chi connectivity index (χ1) is 9.02. The maximum Gasteiger partial charge on any atom is 0.311 e. The molecule has 1 aromatic carbocycles. The molecule has 1 N–H and O–H groups in total. The number of hydrogen-bond acceptors (Lipinski definition) is 2. The van der Waals surface area contributed by atoms with E-state index in [4.69, 9.17) is 5.11 Å². The van der Waals surface area contributed by atoms with Gasteiger partial charge in [-0.3, -0.25) is 4.79 Å². The number of carboxylic acid groups (broad SMARTS) is 1. The molecule has 0 spiro atoms. The molecule has 0 atom stereocenters. The number of aromatic nitrogens is 2. The van der Waals surface area contributed by atoms with Crippen LogP contribution in [0.4, 0.5) is 0 Å². The van der Waals surface area contributed by atoms with Crippen molar-refractivity contribution in [1.82, 2.24) is 9.55 Å². The van der Waals surface area contributed by atoms with Crippen LogP contribution in [0.3, 0.4) is 0 Å². The van der Waals surface area contributed by atoms with E-state index in [1.807, 2.05) is 4.57 Å². The van der Waals surface area contributed by atoms with E-state index in [2.05, 4.69) is 44.0 Å². The summed E-state index contributed by atoms with van der Waals surface area (Å²) in [7, 11) is 0. The molecule has 0 amide bonds. The quantitative estimate of drug-likeness (QED) is 0.898. The third-order valence-corrected chi connectivity index (χ3v) is 3.27. The van der Waals surface area contributed by atoms with Gasteiger partial charge in [0.05, 0.1) is 11.0 Å². The first-order valence-electron chi connectivity index (χ1n) is 6.73. The lowest BCUT2D eigenvalue weighted by atomic mass is 10.0. The Bertz CT molecular complexity index is 599. The molecule has 102 valence electrons. The number of aliphatic carboxylic acids is 1. The number of rotatable bonds is 5. The summed E-state index contributed by atoms with van der Waals surface area (Å²) in [6.07, 6.45) is 0.940. The van der Waals surface area contributed by atoms with Crippen LogP contribution in [0.25, 0.3) is 11.0 Å². The Balaban J connectivity index is 2.54. The fourth-order valence-electron chi connectivity index (χ4n) is 2.30. The van der Waals surface area contributed by atoms with Crippen LogP contribution in [0, 0.1) is 0 Å². The molecule has 4 nitrogen and oxygen atoms in total. The lowest BCUT2D eigenvalue weighted by Gasteiger charge is -2.07. The number of carboxylic acids is 1. The standard InChI is InChI=1S/C15H20N2O2/c1-4-7-17-13-6-5-11(10(2)3)8-12(13)16-14(17)9-15(18)19/h5-6,8,10H,4,7,9H2,1-3H3,(H,18,19). The molecule has 0 bridgehead atoms. The summed E-state index contributed by atoms with van der Waals surface area (Å²) in [6, 6.07) is 6.22. The van der Waals surface area contributed by atoms with Gasteiger partial charge in [0.15, 0.2) is 0 Å². The van der Waals surface area contributed by atoms with Gasteiger partial charge in [0.1, 0.15) is 12.2 Å². The van der Waals surface area contributed by atoms with Crippen LogP contribution in [0.2, 0.25) is 0 Å². The minimum atomic E-state index is -0.836. The Hall–Kier alpha value is -1.84. The topological polar surface area (TPSA) is 55.1 Å². The average molecular weight is 260 g/mol. The van der Waals surface area contributed by atoms with Gasteiger partial charge in [0, 0.05) is 6.54 Å². The van der Waals surface area contributed by atoms with E-state index < -0.39 is 5.97 Å². The van der Waals surface area contributed by atoms with Gasteiger partial charge in [-0.1, -0.05) is 26.8 Å². The predicted octanol–water partition coefficient (Wildman–Crippen LogP) is 3.20. The Kier molecular flexibility index (Phi) is 3.88. The zero-order valence-corrected chi connectivity index (χ0v) is 11.7. The molecule has 19 heavy (non-hydrogen) atoms. The van der Waals surface area contributed by atoms with E-state index in [0.29, 0.717) is 11.7 Å². The molecule has 2 aromatic rings. The van der Waals surface area contributed by atoms with Crippen molar-refractivity contribution in [2.24, 2.45) is 0 Å². The summed E-state index contributed by atoms with van der Waals surface area (Å²) in [5, 5.41) is 8.97. The highest BCUT2D eigenvalue weighted by molar-refractivity contribution is 5.79. The molecule has 0 aliphatic carbocycles. The molecule has 0 saturated heterocycles. The lowest BCUT2D eigenvalue weighted by molar-refractivity contribution is -0.136. The smallest absolute Gasteiger partial charge is 0.311 e. The Morgan fingerprint density at radius 3 is 2.74 bits per heavy atom. The molecule has 0 fully saturated rings. The third kappa shape index (κ3) is 2.78. The average Bonchev–Trinajstić information content (AvgIpc) is 2.66. The maximum atomic E-state index is 10.9. The molecule has 0 saturated carbocycles. The number of carbonyl (C=O) groups is 1. The van der Waals surface area contributed by atoms with Gasteiger partial charge in [0.2, 0.25) is 0 Å². The van der Waals surface area contributed by atoms with Crippen LogP contribution in [-0.4, -0.2) is 20.6 Å². The third-order valence-electron chi connectivity index (χ3n) is 3.27. The Morgan fingerprint density at radius 2 is 2.16 bits per heavy atom. The maximum absolute atomic E-state index is 10.9. The summed E-state index contributed by atoms with van der Waals surface area (Å²) in [6.45, 7) is 7.17. The monoisotopic (exact) mass is 260 g/mol. The van der Waals surface area contributed by atoms with Gasteiger partial charge in [-0.2, -0.15) is 0 Å². The van der Waals surface area contributed by atoms with Gasteiger partial charge in [-0.25, -0.2) is 4.98 Å². The van der Waals surface area contributed by atoms with Crippen molar-refractivity contribution in [2.75, 3.05) is 0 Å². The number of hydrogen-bond donors (Lipinski definition) is 1. The van der Waals surface area contributed by atoms with Gasteiger partial charge in [0.25, 0.3) is 0 Å². The minimum Gasteiger partial charge on any atom is -0.481 e. The Morgan fingerprint density at radius 1 is 1.42 bits per heavy atom. The van der Waals surface area contributed by atoms with E-state index >= 15 is 0 Å². The van der Waals surface area contributed by atoms with Gasteiger partial charge in [-0.15, -0.1) is 0 Å². The van der Waals surface area contributed by atoms with Gasteiger partial charge < -0.3 is 9.67 Å². The highest BCUT2D eigenvalue weighted by Crippen LogP contribution is 2.23. The number of fused-ring (bicyclic) bond motifs is 1. The summed E-state index contributed by atoms with van der Waals surface area (Å²) in [5.74, 6) is 0.255. The second-order valence-electron chi connectivity index (χ2n) is 5.15. The molecule has 1 aromatic heterocycles. The highest BCUT2D eigenvalue weighted by atomic mass is 16.4. The van der Waals surface area contributed by atoms with Crippen molar-refractivity contribution in [1.29, 1.82) is 0 Å². The van der Waals surface area contributed by atoms with E-state index in [1.165, 1.54) is 5.56 Å². The summed E-state index contributed by atoms with van der Waals surface area (Å²) < 4.78 is 2.02. The molecule has 4 heteroatoms. The van der Waals surface area contributed by atoms with Crippen molar-refractivity contribution in [3.63, 3.8) is 0 Å². The first kappa shape index (κ1) is 13.6. The summed E-state index contributed by atoms with van der Waals surface area (Å²) in [5.41, 5.74) is 3.16. The normalized spacial score (nSPS) is 11.4. The van der Waals surface area contributed by atoms with Crippen LogP contribution in [0.1, 0.15) is 44.5 Å². The van der Waals surface area contributed by atoms with Crippen molar-refractivity contribution < 1.29 is 9.90 Å². The van der Waals surface area contributed by atoms with E-state index in [9.17, 15) is 4.79 Å². The number of aryl methyl sites for hydroxylation is 1. The summed E-state index contributed by atoms with van der Waals surface area (Å²) >= 11 is 0. The number of nitrogens with zero attached hydrogens (tertiary/aromatic N) is 2. The first-order valence-corrected chi connectivity index (χ1v) is 6.73. The van der Waals surface area contributed by atoms with Crippen molar-refractivity contribution >= 4 is 17.0 Å². The van der Waals surface area contributed by atoms with Crippen molar-refractivity contribution in [3.05, 3.63) is 29.6 Å². The fraction of sp³-hybridized carbons (Fsp3) is 0.467. The molecule has 2 rings (SSSR count). The zero-order valence-electron chi connectivity index (χ0n) is 11.7. The highest BCUT2D eigenvalue weighted by Gasteiger charge is 2.13. The SMILES string of the molecule is CCCn1c(CC(=O)O)nc2cc(C(C)C)ccc21. The Labute approximate surface area is 113 Å². The largest absolute Gasteiger partial charge is 0.481 e. The minimum absolute atomic E-state index is 0.0221. The van der Waals surface area contributed by atoms with Gasteiger partial charge in [-0.05, 0) is 30.0 Å².